The van der Waals surface area contributed by atoms with Crippen LogP contribution in [-0.2, 0) is 5.41 Å². The van der Waals surface area contributed by atoms with E-state index in [4.69, 9.17) is 0 Å². The highest BCUT2D eigenvalue weighted by molar-refractivity contribution is 5.90. The van der Waals surface area contributed by atoms with Gasteiger partial charge in [0.25, 0.3) is 0 Å². The van der Waals surface area contributed by atoms with E-state index in [-0.39, 0.29) is 5.41 Å². The average Bonchev–Trinajstić information content (AvgIpc) is 3.73. The number of anilines is 6. The van der Waals surface area contributed by atoms with Crippen molar-refractivity contribution in [3.8, 4) is 44.5 Å². The normalized spacial score (nSPS) is 12.2. The maximum Gasteiger partial charge on any atom is 0.0491 e. The minimum atomic E-state index is -0.165. The molecule has 0 unspecified atom stereocenters. The van der Waals surface area contributed by atoms with Gasteiger partial charge in [-0.15, -0.1) is 0 Å². The van der Waals surface area contributed by atoms with E-state index in [1.807, 2.05) is 12.2 Å². The van der Waals surface area contributed by atoms with Gasteiger partial charge in [-0.05, 0) is 165 Å². The minimum Gasteiger partial charge on any atom is -0.310 e. The summed E-state index contributed by atoms with van der Waals surface area (Å²) >= 11 is 0. The van der Waals surface area contributed by atoms with Gasteiger partial charge in [0.05, 0.1) is 0 Å². The fourth-order valence-electron chi connectivity index (χ4n) is 11.5. The van der Waals surface area contributed by atoms with Crippen LogP contribution in [0.25, 0.3) is 56.7 Å². The molecule has 1 aliphatic rings. The maximum atomic E-state index is 3.98. The Hall–Kier alpha value is -7.94. The van der Waals surface area contributed by atoms with E-state index in [2.05, 4.69) is 256 Å². The Morgan fingerprint density at radius 3 is 1.23 bits per heavy atom. The van der Waals surface area contributed by atoms with Crippen LogP contribution >= 0.6 is 0 Å². The molecule has 2 heteroatoms. The smallest absolute Gasteiger partial charge is 0.0491 e. The van der Waals surface area contributed by atoms with E-state index in [0.29, 0.717) is 0 Å². The predicted molar refractivity (Wildman–Crippen MR) is 321 cm³/mol. The Bertz CT molecular complexity index is 3300. The van der Waals surface area contributed by atoms with Crippen LogP contribution in [0.3, 0.4) is 0 Å². The largest absolute Gasteiger partial charge is 0.310 e. The molecule has 0 radical (unpaired) electrons. The third kappa shape index (κ3) is 10.3. The van der Waals surface area contributed by atoms with Crippen LogP contribution in [-0.4, -0.2) is 0 Å². The Balaban J connectivity index is 1.12. The second-order valence-electron chi connectivity index (χ2n) is 20.3. The Morgan fingerprint density at radius 1 is 0.365 bits per heavy atom. The van der Waals surface area contributed by atoms with Gasteiger partial charge < -0.3 is 9.80 Å². The molecule has 0 spiro atoms. The van der Waals surface area contributed by atoms with Crippen molar-refractivity contribution < 1.29 is 0 Å². The van der Waals surface area contributed by atoms with E-state index in [1.54, 1.807) is 0 Å². The molecular formula is C72H70N2. The molecule has 0 saturated carbocycles. The molecule has 9 aromatic rings. The highest BCUT2D eigenvalue weighted by atomic mass is 15.1. The molecule has 0 atom stereocenters. The summed E-state index contributed by atoms with van der Waals surface area (Å²) < 4.78 is 0. The lowest BCUT2D eigenvalue weighted by molar-refractivity contribution is 0.401. The first-order valence-electron chi connectivity index (χ1n) is 27.2. The predicted octanol–water partition coefficient (Wildman–Crippen LogP) is 21.4. The number of para-hydroxylation sites is 1. The number of nitrogens with zero attached hydrogens (tertiary/aromatic N) is 2. The number of benzene rings is 9. The van der Waals surface area contributed by atoms with Gasteiger partial charge in [-0.25, -0.2) is 0 Å². The van der Waals surface area contributed by atoms with Gasteiger partial charge in [0.15, 0.2) is 0 Å². The van der Waals surface area contributed by atoms with Crippen molar-refractivity contribution in [2.75, 3.05) is 9.80 Å². The SMILES string of the molecule is C=Cc1ccc(-c2ccc(N(c3ccc4c(c3)C(CCCCCC)(CCCCCC)c3cc(N(c5ccccc5)c5ccc(-c6ccccc6)cc5)ccc3-4)c3ccc(-c4ccc(C=C)cc4)cc3C)cc2)cc1. The van der Waals surface area contributed by atoms with Gasteiger partial charge in [0, 0.05) is 39.5 Å². The van der Waals surface area contributed by atoms with Crippen LogP contribution in [0.5, 0.6) is 0 Å². The summed E-state index contributed by atoms with van der Waals surface area (Å²) in [5, 5.41) is 0. The second kappa shape index (κ2) is 22.9. The fraction of sp³-hybridized carbons (Fsp3) is 0.194. The van der Waals surface area contributed by atoms with E-state index in [1.165, 1.54) is 130 Å². The molecule has 0 N–H and O–H groups in total. The summed E-state index contributed by atoms with van der Waals surface area (Å²) in [5.41, 5.74) is 23.2. The Kier molecular flexibility index (Phi) is 15.3. The average molecular weight is 963 g/mol. The zero-order valence-corrected chi connectivity index (χ0v) is 43.7. The van der Waals surface area contributed by atoms with Crippen LogP contribution in [0.15, 0.2) is 225 Å². The molecule has 0 fully saturated rings. The van der Waals surface area contributed by atoms with E-state index >= 15 is 0 Å². The first-order chi connectivity index (χ1) is 36.4. The first kappa shape index (κ1) is 49.6. The number of hydrogen-bond acceptors (Lipinski definition) is 2. The molecule has 0 amide bonds. The lowest BCUT2D eigenvalue weighted by atomic mass is 9.70. The summed E-state index contributed by atoms with van der Waals surface area (Å²) in [6, 6.07) is 79.1. The molecular weight excluding hydrogens is 893 g/mol. The number of hydrogen-bond donors (Lipinski definition) is 0. The van der Waals surface area contributed by atoms with Gasteiger partial charge in [0.1, 0.15) is 0 Å². The van der Waals surface area contributed by atoms with Crippen molar-refractivity contribution in [3.63, 3.8) is 0 Å². The zero-order valence-electron chi connectivity index (χ0n) is 43.7. The quantitative estimate of drug-likeness (QED) is 0.0662. The van der Waals surface area contributed by atoms with Crippen molar-refractivity contribution in [1.29, 1.82) is 0 Å². The van der Waals surface area contributed by atoms with Crippen molar-refractivity contribution in [2.24, 2.45) is 0 Å². The van der Waals surface area contributed by atoms with E-state index < -0.39 is 0 Å². The molecule has 10 rings (SSSR count). The van der Waals surface area contributed by atoms with Crippen molar-refractivity contribution in [3.05, 3.63) is 253 Å². The highest BCUT2D eigenvalue weighted by Crippen LogP contribution is 2.57. The van der Waals surface area contributed by atoms with E-state index in [9.17, 15) is 0 Å². The topological polar surface area (TPSA) is 6.48 Å². The molecule has 0 bridgehead atoms. The molecule has 74 heavy (non-hydrogen) atoms. The third-order valence-electron chi connectivity index (χ3n) is 15.5. The van der Waals surface area contributed by atoms with E-state index in [0.717, 1.165) is 41.0 Å². The maximum absolute atomic E-state index is 3.98. The molecule has 9 aromatic carbocycles. The summed E-state index contributed by atoms with van der Waals surface area (Å²) in [6.07, 6.45) is 15.8. The number of fused-ring (bicyclic) bond motifs is 3. The first-order valence-corrected chi connectivity index (χ1v) is 27.2. The highest BCUT2D eigenvalue weighted by Gasteiger charge is 2.43. The van der Waals surface area contributed by atoms with Crippen LogP contribution in [0, 0.1) is 6.92 Å². The molecule has 0 aliphatic heterocycles. The molecule has 368 valence electrons. The van der Waals surface area contributed by atoms with Crippen LogP contribution in [0.4, 0.5) is 34.1 Å². The van der Waals surface area contributed by atoms with Crippen LogP contribution < -0.4 is 9.80 Å². The van der Waals surface area contributed by atoms with Gasteiger partial charge in [-0.1, -0.05) is 230 Å². The summed E-state index contributed by atoms with van der Waals surface area (Å²) in [7, 11) is 0. The van der Waals surface area contributed by atoms with Gasteiger partial charge in [-0.3, -0.25) is 0 Å². The number of unbranched alkanes of at least 4 members (excludes halogenated alkanes) is 6. The zero-order chi connectivity index (χ0) is 50.9. The second-order valence-corrected chi connectivity index (χ2v) is 20.3. The third-order valence-corrected chi connectivity index (χ3v) is 15.5. The van der Waals surface area contributed by atoms with Gasteiger partial charge in [0.2, 0.25) is 0 Å². The lowest BCUT2D eigenvalue weighted by Gasteiger charge is -2.35. The Morgan fingerprint density at radius 2 is 0.757 bits per heavy atom. The summed E-state index contributed by atoms with van der Waals surface area (Å²) in [5.74, 6) is 0. The van der Waals surface area contributed by atoms with Crippen LogP contribution in [0.2, 0.25) is 0 Å². The standard InChI is InChI=1S/C72H70N2/c1-6-10-12-20-48-72(49-21-13-11-7-2)69-51-65(73(62-24-18-15-19-25-62)63-39-34-58(35-40-63)56-22-16-14-17-23-56)43-45-67(69)68-46-44-66(52-70(68)72)74(64-41-36-59(37-42-64)57-30-26-54(8-3)27-31-57)71-47-38-61(50-53(71)5)60-32-28-55(9-4)29-33-60/h8-9,14-19,22-47,50-52H,3-4,6-7,10-13,20-21,48-49H2,1-2,5H3. The minimum absolute atomic E-state index is 0.165. The molecule has 0 aromatic heterocycles. The monoisotopic (exact) mass is 963 g/mol. The van der Waals surface area contributed by atoms with Gasteiger partial charge >= 0.3 is 0 Å². The lowest BCUT2D eigenvalue weighted by Crippen LogP contribution is -2.26. The molecule has 0 heterocycles. The number of aryl methyl sites for hydroxylation is 1. The van der Waals surface area contributed by atoms with Gasteiger partial charge in [-0.2, -0.15) is 0 Å². The molecule has 1 aliphatic carbocycles. The van der Waals surface area contributed by atoms with Crippen molar-refractivity contribution in [1.82, 2.24) is 0 Å². The summed E-state index contributed by atoms with van der Waals surface area (Å²) in [6.45, 7) is 14.9. The number of rotatable bonds is 21. The van der Waals surface area contributed by atoms with Crippen molar-refractivity contribution in [2.45, 2.75) is 90.4 Å². The fourth-order valence-corrected chi connectivity index (χ4v) is 11.5. The molecule has 2 nitrogen and oxygen atoms in total. The van der Waals surface area contributed by atoms with Crippen molar-refractivity contribution >= 4 is 46.3 Å². The molecule has 0 saturated heterocycles. The summed E-state index contributed by atoms with van der Waals surface area (Å²) in [4.78, 5) is 4.97. The van der Waals surface area contributed by atoms with Crippen LogP contribution in [0.1, 0.15) is 106 Å². The Labute approximate surface area is 442 Å².